The molecule has 0 radical (unpaired) electrons. The molecule has 0 spiro atoms. The number of urea groups is 1. The zero-order valence-corrected chi connectivity index (χ0v) is 14.2. The van der Waals surface area contributed by atoms with E-state index in [1.165, 1.54) is 0 Å². The fourth-order valence-electron chi connectivity index (χ4n) is 3.59. The Labute approximate surface area is 146 Å². The average molecular weight is 338 g/mol. The second-order valence-electron chi connectivity index (χ2n) is 6.80. The van der Waals surface area contributed by atoms with Crippen molar-refractivity contribution in [1.29, 1.82) is 0 Å². The molecule has 2 heterocycles. The van der Waals surface area contributed by atoms with Crippen LogP contribution in [-0.2, 0) is 0 Å². The summed E-state index contributed by atoms with van der Waals surface area (Å²) in [5.74, 6) is 0.288. The van der Waals surface area contributed by atoms with Gasteiger partial charge in [-0.05, 0) is 43.9 Å². The third-order valence-corrected chi connectivity index (χ3v) is 5.14. The lowest BCUT2D eigenvalue weighted by atomic mass is 9.92. The van der Waals surface area contributed by atoms with Gasteiger partial charge in [-0.15, -0.1) is 0 Å². The van der Waals surface area contributed by atoms with E-state index in [0.717, 1.165) is 40.5 Å². The van der Waals surface area contributed by atoms with Gasteiger partial charge in [0.1, 0.15) is 11.2 Å². The Hall–Kier alpha value is -2.53. The number of aliphatic hydroxyl groups is 1. The Kier molecular flexibility index (Phi) is 4.09. The van der Waals surface area contributed by atoms with Crippen molar-refractivity contribution in [2.45, 2.75) is 25.9 Å². The first kappa shape index (κ1) is 16.0. The van der Waals surface area contributed by atoms with Crippen LogP contribution >= 0.6 is 0 Å². The molecule has 1 atom stereocenters. The van der Waals surface area contributed by atoms with Crippen LogP contribution in [-0.4, -0.2) is 35.2 Å². The summed E-state index contributed by atoms with van der Waals surface area (Å²) in [6.07, 6.45) is 1.38. The highest BCUT2D eigenvalue weighted by Crippen LogP contribution is 2.30. The van der Waals surface area contributed by atoms with Crippen LogP contribution in [0.3, 0.4) is 0 Å². The molecule has 3 aromatic rings. The lowest BCUT2D eigenvalue weighted by Gasteiger charge is -2.33. The number of amides is 2. The van der Waals surface area contributed by atoms with E-state index < -0.39 is 0 Å². The molecule has 1 aliphatic rings. The number of benzene rings is 2. The normalized spacial score (nSPS) is 17.1. The maximum absolute atomic E-state index is 12.5. The van der Waals surface area contributed by atoms with Crippen LogP contribution in [0.25, 0.3) is 21.9 Å². The monoisotopic (exact) mass is 338 g/mol. The second kappa shape index (κ2) is 6.41. The van der Waals surface area contributed by atoms with Crippen molar-refractivity contribution < 1.29 is 14.3 Å². The van der Waals surface area contributed by atoms with Gasteiger partial charge in [-0.1, -0.05) is 18.2 Å². The van der Waals surface area contributed by atoms with E-state index in [0.29, 0.717) is 13.1 Å². The van der Waals surface area contributed by atoms with Gasteiger partial charge in [0.25, 0.3) is 0 Å². The van der Waals surface area contributed by atoms with Crippen LogP contribution in [0, 0.1) is 5.92 Å². The number of rotatable bonds is 2. The predicted molar refractivity (Wildman–Crippen MR) is 98.7 cm³/mol. The van der Waals surface area contributed by atoms with Crippen molar-refractivity contribution in [3.05, 3.63) is 42.5 Å². The maximum atomic E-state index is 12.5. The molecule has 1 fully saturated rings. The lowest BCUT2D eigenvalue weighted by molar-refractivity contribution is 0.0820. The molecule has 1 aromatic heterocycles. The number of para-hydroxylation sites is 1. The Morgan fingerprint density at radius 1 is 1.16 bits per heavy atom. The molecule has 4 rings (SSSR count). The number of hydrogen-bond acceptors (Lipinski definition) is 3. The van der Waals surface area contributed by atoms with Crippen molar-refractivity contribution in [1.82, 2.24) is 4.90 Å². The number of carbonyl (C=O) groups excluding carboxylic acids is 1. The molecule has 2 amide bonds. The van der Waals surface area contributed by atoms with Gasteiger partial charge in [-0.25, -0.2) is 4.79 Å². The Balaban J connectivity index is 1.49. The van der Waals surface area contributed by atoms with Crippen molar-refractivity contribution >= 4 is 33.7 Å². The highest BCUT2D eigenvalue weighted by atomic mass is 16.3. The number of furan rings is 1. The van der Waals surface area contributed by atoms with E-state index in [4.69, 9.17) is 4.42 Å². The largest absolute Gasteiger partial charge is 0.456 e. The minimum atomic E-state index is -0.305. The summed E-state index contributed by atoms with van der Waals surface area (Å²) in [5.41, 5.74) is 2.35. The molecular weight excluding hydrogens is 316 g/mol. The Morgan fingerprint density at radius 3 is 2.64 bits per heavy atom. The number of fused-ring (bicyclic) bond motifs is 3. The fraction of sp³-hybridized carbons (Fsp3) is 0.350. The van der Waals surface area contributed by atoms with Crippen LogP contribution in [0.1, 0.15) is 19.8 Å². The SMILES string of the molecule is C[C@@H](O)C1CCN(C(=O)Nc2ccc3c(c2)oc2ccccc23)CC1. The quantitative estimate of drug-likeness (QED) is 0.735. The number of hydrogen-bond donors (Lipinski definition) is 2. The van der Waals surface area contributed by atoms with E-state index in [-0.39, 0.29) is 18.1 Å². The molecule has 1 aliphatic heterocycles. The molecule has 25 heavy (non-hydrogen) atoms. The van der Waals surface area contributed by atoms with Crippen LogP contribution in [0.4, 0.5) is 10.5 Å². The van der Waals surface area contributed by atoms with Gasteiger partial charge in [-0.2, -0.15) is 0 Å². The zero-order chi connectivity index (χ0) is 17.4. The van der Waals surface area contributed by atoms with Gasteiger partial charge < -0.3 is 19.7 Å². The first-order chi connectivity index (χ1) is 12.1. The summed E-state index contributed by atoms with van der Waals surface area (Å²) in [7, 11) is 0. The molecule has 0 unspecified atom stereocenters. The summed E-state index contributed by atoms with van der Waals surface area (Å²) in [4.78, 5) is 14.3. The third kappa shape index (κ3) is 3.07. The molecule has 130 valence electrons. The third-order valence-electron chi connectivity index (χ3n) is 5.14. The van der Waals surface area contributed by atoms with Crippen LogP contribution < -0.4 is 5.32 Å². The molecule has 0 aliphatic carbocycles. The van der Waals surface area contributed by atoms with Gasteiger partial charge in [0.15, 0.2) is 0 Å². The maximum Gasteiger partial charge on any atom is 0.321 e. The van der Waals surface area contributed by atoms with Gasteiger partial charge in [0, 0.05) is 35.6 Å². The standard InChI is InChI=1S/C20H22N2O3/c1-13(23)14-8-10-22(11-9-14)20(24)21-15-6-7-17-16-4-2-3-5-18(16)25-19(17)12-15/h2-7,12-14,23H,8-11H2,1H3,(H,21,24)/t13-/m1/s1. The summed E-state index contributed by atoms with van der Waals surface area (Å²) < 4.78 is 5.87. The number of carbonyl (C=O) groups is 1. The number of anilines is 1. The Morgan fingerprint density at radius 2 is 1.88 bits per heavy atom. The summed E-state index contributed by atoms with van der Waals surface area (Å²) in [6, 6.07) is 13.6. The van der Waals surface area contributed by atoms with Crippen molar-refractivity contribution in [2.24, 2.45) is 5.92 Å². The number of nitrogens with one attached hydrogen (secondary N) is 1. The van der Waals surface area contributed by atoms with Crippen LogP contribution in [0.5, 0.6) is 0 Å². The Bertz CT molecular complexity index is 908. The summed E-state index contributed by atoms with van der Waals surface area (Å²) in [5, 5.41) is 14.8. The molecule has 5 nitrogen and oxygen atoms in total. The van der Waals surface area contributed by atoms with Gasteiger partial charge in [0.05, 0.1) is 6.10 Å². The zero-order valence-electron chi connectivity index (χ0n) is 14.2. The smallest absolute Gasteiger partial charge is 0.321 e. The van der Waals surface area contributed by atoms with Crippen molar-refractivity contribution in [3.8, 4) is 0 Å². The molecule has 5 heteroatoms. The van der Waals surface area contributed by atoms with E-state index in [9.17, 15) is 9.90 Å². The van der Waals surface area contributed by atoms with E-state index >= 15 is 0 Å². The minimum absolute atomic E-state index is 0.0977. The lowest BCUT2D eigenvalue weighted by Crippen LogP contribution is -2.42. The number of likely N-dealkylation sites (tertiary alicyclic amines) is 1. The minimum Gasteiger partial charge on any atom is -0.456 e. The molecular formula is C20H22N2O3. The van der Waals surface area contributed by atoms with Gasteiger partial charge in [0.2, 0.25) is 0 Å². The topological polar surface area (TPSA) is 65.7 Å². The first-order valence-electron chi connectivity index (χ1n) is 8.77. The van der Waals surface area contributed by atoms with Gasteiger partial charge >= 0.3 is 6.03 Å². The van der Waals surface area contributed by atoms with Gasteiger partial charge in [-0.3, -0.25) is 0 Å². The number of aliphatic hydroxyl groups excluding tert-OH is 1. The van der Waals surface area contributed by atoms with Crippen LogP contribution in [0.2, 0.25) is 0 Å². The fourth-order valence-corrected chi connectivity index (χ4v) is 3.59. The molecule has 2 N–H and O–H groups in total. The average Bonchev–Trinajstić information content (AvgIpc) is 2.99. The highest BCUT2D eigenvalue weighted by molar-refractivity contribution is 6.06. The van der Waals surface area contributed by atoms with E-state index in [2.05, 4.69) is 5.32 Å². The number of nitrogens with zero attached hydrogens (tertiary/aromatic N) is 1. The highest BCUT2D eigenvalue weighted by Gasteiger charge is 2.25. The molecule has 1 saturated heterocycles. The predicted octanol–water partition coefficient (Wildman–Crippen LogP) is 4.21. The van der Waals surface area contributed by atoms with Crippen LogP contribution in [0.15, 0.2) is 46.9 Å². The second-order valence-corrected chi connectivity index (χ2v) is 6.80. The first-order valence-corrected chi connectivity index (χ1v) is 8.77. The molecule has 0 saturated carbocycles. The molecule has 2 aromatic carbocycles. The number of piperidine rings is 1. The van der Waals surface area contributed by atoms with Crippen molar-refractivity contribution in [3.63, 3.8) is 0 Å². The van der Waals surface area contributed by atoms with Crippen molar-refractivity contribution in [2.75, 3.05) is 18.4 Å². The van der Waals surface area contributed by atoms with E-state index in [1.807, 2.05) is 54.3 Å². The molecule has 0 bridgehead atoms. The summed E-state index contributed by atoms with van der Waals surface area (Å²) in [6.45, 7) is 3.17. The summed E-state index contributed by atoms with van der Waals surface area (Å²) >= 11 is 0. The van der Waals surface area contributed by atoms with E-state index in [1.54, 1.807) is 0 Å².